The molecule has 0 aliphatic heterocycles. The number of aliphatic hydroxyl groups excluding tert-OH is 1. The quantitative estimate of drug-likeness (QED) is 0.791. The van der Waals surface area contributed by atoms with Crippen molar-refractivity contribution in [3.63, 3.8) is 0 Å². The van der Waals surface area contributed by atoms with Crippen molar-refractivity contribution in [3.8, 4) is 6.07 Å². The smallest absolute Gasteiger partial charge is 0.250 e. The van der Waals surface area contributed by atoms with Crippen molar-refractivity contribution >= 4 is 17.3 Å². The van der Waals surface area contributed by atoms with E-state index in [9.17, 15) is 4.79 Å². The number of amides is 1. The van der Waals surface area contributed by atoms with E-state index in [1.165, 1.54) is 0 Å². The first-order valence-electron chi connectivity index (χ1n) is 6.89. The maximum atomic E-state index is 11.2. The molecule has 2 aromatic rings. The Labute approximate surface area is 129 Å². The molecule has 0 heterocycles. The van der Waals surface area contributed by atoms with Crippen LogP contribution in [0.1, 0.15) is 24.1 Å². The molecule has 22 heavy (non-hydrogen) atoms. The van der Waals surface area contributed by atoms with E-state index in [0.717, 1.165) is 11.3 Å². The zero-order chi connectivity index (χ0) is 15.9. The highest BCUT2D eigenvalue weighted by molar-refractivity contribution is 5.91. The van der Waals surface area contributed by atoms with E-state index in [1.54, 1.807) is 24.3 Å². The van der Waals surface area contributed by atoms with Crippen LogP contribution in [0.5, 0.6) is 0 Å². The highest BCUT2D eigenvalue weighted by atomic mass is 16.3. The van der Waals surface area contributed by atoms with Crippen LogP contribution < -0.4 is 10.6 Å². The van der Waals surface area contributed by atoms with E-state index in [4.69, 9.17) is 10.4 Å². The summed E-state index contributed by atoms with van der Waals surface area (Å²) < 4.78 is 0. The van der Waals surface area contributed by atoms with E-state index < -0.39 is 12.5 Å². The van der Waals surface area contributed by atoms with Gasteiger partial charge in [-0.2, -0.15) is 5.26 Å². The van der Waals surface area contributed by atoms with Gasteiger partial charge in [-0.3, -0.25) is 4.79 Å². The van der Waals surface area contributed by atoms with Crippen LogP contribution in [0.4, 0.5) is 11.4 Å². The largest absolute Gasteiger partial charge is 0.387 e. The van der Waals surface area contributed by atoms with Crippen LogP contribution in [0.25, 0.3) is 0 Å². The lowest BCUT2D eigenvalue weighted by molar-refractivity contribution is -0.118. The highest BCUT2D eigenvalue weighted by Gasteiger charge is 2.06. The monoisotopic (exact) mass is 295 g/mol. The summed E-state index contributed by atoms with van der Waals surface area (Å²) in [4.78, 5) is 11.2. The maximum Gasteiger partial charge on any atom is 0.250 e. The number of nitrogens with zero attached hydrogens (tertiary/aromatic N) is 1. The fourth-order valence-electron chi connectivity index (χ4n) is 2.07. The molecule has 0 aliphatic rings. The van der Waals surface area contributed by atoms with Gasteiger partial charge in [0.25, 0.3) is 0 Å². The second-order valence-corrected chi connectivity index (χ2v) is 4.89. The number of nitriles is 1. The standard InChI is InChI=1S/C17H17N3O2/c1-12(14-7-5-13(10-18)6-8-14)19-15-3-2-4-16(9-15)20-17(22)11-21/h2-9,12,19,21H,11H2,1H3,(H,20,22). The summed E-state index contributed by atoms with van der Waals surface area (Å²) in [5, 5.41) is 23.5. The molecule has 0 fully saturated rings. The number of hydrogen-bond acceptors (Lipinski definition) is 4. The number of carbonyl (C=O) groups excluding carboxylic acids is 1. The summed E-state index contributed by atoms with van der Waals surface area (Å²) in [6.07, 6.45) is 0. The van der Waals surface area contributed by atoms with Gasteiger partial charge in [-0.1, -0.05) is 18.2 Å². The van der Waals surface area contributed by atoms with Gasteiger partial charge in [0.15, 0.2) is 0 Å². The van der Waals surface area contributed by atoms with Crippen molar-refractivity contribution in [3.05, 3.63) is 59.7 Å². The number of rotatable bonds is 5. The Bertz CT molecular complexity index is 690. The van der Waals surface area contributed by atoms with E-state index in [1.807, 2.05) is 31.2 Å². The van der Waals surface area contributed by atoms with Crippen LogP contribution >= 0.6 is 0 Å². The molecule has 1 atom stereocenters. The second kappa shape index (κ2) is 7.25. The molecule has 5 nitrogen and oxygen atoms in total. The number of aliphatic hydroxyl groups is 1. The van der Waals surface area contributed by atoms with Crippen molar-refractivity contribution in [2.45, 2.75) is 13.0 Å². The van der Waals surface area contributed by atoms with Gasteiger partial charge in [0.1, 0.15) is 6.61 Å². The molecule has 1 unspecified atom stereocenters. The Morgan fingerprint density at radius 2 is 1.91 bits per heavy atom. The van der Waals surface area contributed by atoms with Gasteiger partial charge >= 0.3 is 0 Å². The topological polar surface area (TPSA) is 85.2 Å². The zero-order valence-corrected chi connectivity index (χ0v) is 12.2. The Kier molecular flexibility index (Phi) is 5.12. The molecule has 5 heteroatoms. The molecule has 0 radical (unpaired) electrons. The van der Waals surface area contributed by atoms with Crippen LogP contribution in [-0.2, 0) is 4.79 Å². The van der Waals surface area contributed by atoms with Crippen molar-refractivity contribution in [2.24, 2.45) is 0 Å². The average molecular weight is 295 g/mol. The van der Waals surface area contributed by atoms with E-state index in [2.05, 4.69) is 16.7 Å². The summed E-state index contributed by atoms with van der Waals surface area (Å²) in [6, 6.07) is 16.8. The van der Waals surface area contributed by atoms with Crippen LogP contribution in [0.2, 0.25) is 0 Å². The third-order valence-corrected chi connectivity index (χ3v) is 3.21. The fourth-order valence-corrected chi connectivity index (χ4v) is 2.07. The third-order valence-electron chi connectivity index (χ3n) is 3.21. The summed E-state index contributed by atoms with van der Waals surface area (Å²) in [5.41, 5.74) is 3.16. The number of nitrogens with one attached hydrogen (secondary N) is 2. The van der Waals surface area contributed by atoms with Gasteiger partial charge in [0, 0.05) is 17.4 Å². The molecule has 3 N–H and O–H groups in total. The molecule has 2 rings (SSSR count). The molecule has 0 saturated heterocycles. The first kappa shape index (κ1) is 15.5. The molecule has 112 valence electrons. The van der Waals surface area contributed by atoms with Gasteiger partial charge in [-0.05, 0) is 42.8 Å². The number of hydrogen-bond donors (Lipinski definition) is 3. The Hall–Kier alpha value is -2.84. The van der Waals surface area contributed by atoms with Crippen LogP contribution in [-0.4, -0.2) is 17.6 Å². The number of anilines is 2. The molecule has 0 saturated carbocycles. The SMILES string of the molecule is CC(Nc1cccc(NC(=O)CO)c1)c1ccc(C#N)cc1. The normalized spacial score (nSPS) is 11.3. The minimum atomic E-state index is -0.542. The molecule has 0 aliphatic carbocycles. The minimum absolute atomic E-state index is 0.0523. The van der Waals surface area contributed by atoms with Crippen molar-refractivity contribution in [2.75, 3.05) is 17.2 Å². The highest BCUT2D eigenvalue weighted by Crippen LogP contribution is 2.22. The molecular formula is C17H17N3O2. The van der Waals surface area contributed by atoms with Crippen molar-refractivity contribution in [1.29, 1.82) is 5.26 Å². The third kappa shape index (κ3) is 4.08. The lowest BCUT2D eigenvalue weighted by Gasteiger charge is -2.16. The van der Waals surface area contributed by atoms with E-state index >= 15 is 0 Å². The molecular weight excluding hydrogens is 278 g/mol. The number of benzene rings is 2. The lowest BCUT2D eigenvalue weighted by Crippen LogP contribution is -2.15. The fraction of sp³-hybridized carbons (Fsp3) is 0.176. The van der Waals surface area contributed by atoms with Crippen LogP contribution in [0.3, 0.4) is 0 Å². The number of carbonyl (C=O) groups is 1. The van der Waals surface area contributed by atoms with Crippen molar-refractivity contribution < 1.29 is 9.90 Å². The van der Waals surface area contributed by atoms with Gasteiger partial charge in [0.2, 0.25) is 5.91 Å². The second-order valence-electron chi connectivity index (χ2n) is 4.89. The van der Waals surface area contributed by atoms with E-state index in [0.29, 0.717) is 11.3 Å². The summed E-state index contributed by atoms with van der Waals surface area (Å²) >= 11 is 0. The van der Waals surface area contributed by atoms with Crippen molar-refractivity contribution in [1.82, 2.24) is 0 Å². The Morgan fingerprint density at radius 3 is 2.55 bits per heavy atom. The molecule has 0 aromatic heterocycles. The molecule has 0 spiro atoms. The predicted molar refractivity (Wildman–Crippen MR) is 85.4 cm³/mol. The lowest BCUT2D eigenvalue weighted by atomic mass is 10.1. The summed E-state index contributed by atoms with van der Waals surface area (Å²) in [7, 11) is 0. The molecule has 2 aromatic carbocycles. The van der Waals surface area contributed by atoms with Crippen LogP contribution in [0.15, 0.2) is 48.5 Å². The first-order valence-corrected chi connectivity index (χ1v) is 6.89. The summed E-state index contributed by atoms with van der Waals surface area (Å²) in [5.74, 6) is -0.447. The zero-order valence-electron chi connectivity index (χ0n) is 12.2. The van der Waals surface area contributed by atoms with E-state index in [-0.39, 0.29) is 6.04 Å². The predicted octanol–water partition coefficient (Wildman–Crippen LogP) is 2.66. The van der Waals surface area contributed by atoms with Gasteiger partial charge in [-0.15, -0.1) is 0 Å². The Balaban J connectivity index is 2.07. The average Bonchev–Trinajstić information content (AvgIpc) is 2.55. The van der Waals surface area contributed by atoms with Gasteiger partial charge < -0.3 is 15.7 Å². The van der Waals surface area contributed by atoms with Gasteiger partial charge in [0.05, 0.1) is 11.6 Å². The maximum absolute atomic E-state index is 11.2. The molecule has 1 amide bonds. The Morgan fingerprint density at radius 1 is 1.23 bits per heavy atom. The minimum Gasteiger partial charge on any atom is -0.387 e. The summed E-state index contributed by atoms with van der Waals surface area (Å²) in [6.45, 7) is 1.47. The first-order chi connectivity index (χ1) is 10.6. The van der Waals surface area contributed by atoms with Crippen LogP contribution in [0, 0.1) is 11.3 Å². The van der Waals surface area contributed by atoms with Gasteiger partial charge in [-0.25, -0.2) is 0 Å². The molecule has 0 bridgehead atoms.